The second-order valence-electron chi connectivity index (χ2n) is 11.2. The van der Waals surface area contributed by atoms with Crippen molar-refractivity contribution in [3.05, 3.63) is 116 Å². The van der Waals surface area contributed by atoms with Gasteiger partial charge in [-0.2, -0.15) is 28.5 Å². The molecule has 0 bridgehead atoms. The van der Waals surface area contributed by atoms with Gasteiger partial charge in [-0.05, 0) is 77.5 Å². The lowest BCUT2D eigenvalue weighted by atomic mass is 10.1. The zero-order chi connectivity index (χ0) is 34.2. The molecule has 0 aliphatic heterocycles. The van der Waals surface area contributed by atoms with Crippen LogP contribution in [0, 0.1) is 0 Å². The number of pyridine rings is 4. The average molecular weight is 671 g/mol. The lowest BCUT2D eigenvalue weighted by molar-refractivity contribution is -0.139. The fraction of sp³-hybridized carbons (Fsp3) is 0.0571. The van der Waals surface area contributed by atoms with Crippen molar-refractivity contribution in [2.45, 2.75) is 6.18 Å². The van der Waals surface area contributed by atoms with Gasteiger partial charge in [0.05, 0.1) is 22.3 Å². The van der Waals surface area contributed by atoms with Crippen LogP contribution in [0.25, 0.3) is 55.0 Å². The van der Waals surface area contributed by atoms with Crippen molar-refractivity contribution in [1.29, 1.82) is 0 Å². The Labute approximate surface area is 280 Å². The number of halogens is 3. The van der Waals surface area contributed by atoms with Crippen molar-refractivity contribution >= 4 is 66.6 Å². The Morgan fingerprint density at radius 3 is 2.20 bits per heavy atom. The molecule has 4 N–H and O–H groups in total. The van der Waals surface area contributed by atoms with Gasteiger partial charge in [-0.1, -0.05) is 12.1 Å². The first-order chi connectivity index (χ1) is 24.3. The van der Waals surface area contributed by atoms with Gasteiger partial charge in [-0.15, -0.1) is 0 Å². The van der Waals surface area contributed by atoms with E-state index in [0.29, 0.717) is 28.4 Å². The Kier molecular flexibility index (Phi) is 7.47. The first-order valence-corrected chi connectivity index (χ1v) is 15.3. The van der Waals surface area contributed by atoms with Crippen LogP contribution in [0.1, 0.15) is 5.69 Å². The minimum absolute atomic E-state index is 0.0617. The molecule has 50 heavy (non-hydrogen) atoms. The summed E-state index contributed by atoms with van der Waals surface area (Å²) in [6.07, 6.45) is 3.66. The topological polar surface area (TPSA) is 151 Å². The van der Waals surface area contributed by atoms with Crippen molar-refractivity contribution in [3.8, 4) is 11.4 Å². The highest BCUT2D eigenvalue weighted by Gasteiger charge is 2.34. The van der Waals surface area contributed by atoms with Crippen molar-refractivity contribution in [3.63, 3.8) is 0 Å². The van der Waals surface area contributed by atoms with E-state index in [1.165, 1.54) is 6.07 Å². The molecule has 12 nitrogen and oxygen atoms in total. The number of nitrogens with zero attached hydrogens (tertiary/aromatic N) is 8. The summed E-state index contributed by atoms with van der Waals surface area (Å²) < 4.78 is 40.8. The van der Waals surface area contributed by atoms with E-state index in [1.807, 2.05) is 54.3 Å². The number of aromatic amines is 2. The van der Waals surface area contributed by atoms with Gasteiger partial charge in [-0.25, -0.2) is 4.98 Å². The normalized spacial score (nSPS) is 11.6. The summed E-state index contributed by atoms with van der Waals surface area (Å²) in [6, 6.07) is 23.8. The molecule has 0 aliphatic carbocycles. The quantitative estimate of drug-likeness (QED) is 0.143. The molecule has 0 amide bonds. The van der Waals surface area contributed by atoms with Gasteiger partial charge in [0.15, 0.2) is 17.2 Å². The predicted molar refractivity (Wildman–Crippen MR) is 185 cm³/mol. The summed E-state index contributed by atoms with van der Waals surface area (Å²) in [4.78, 5) is 16.5. The van der Waals surface area contributed by atoms with Crippen molar-refractivity contribution in [1.82, 2.24) is 50.1 Å². The predicted octanol–water partition coefficient (Wildman–Crippen LogP) is 7.92. The molecule has 9 rings (SSSR count). The summed E-state index contributed by atoms with van der Waals surface area (Å²) in [7, 11) is 1.92. The number of benzene rings is 2. The molecule has 0 spiro atoms. The van der Waals surface area contributed by atoms with E-state index in [0.717, 1.165) is 50.5 Å². The van der Waals surface area contributed by atoms with E-state index in [2.05, 4.69) is 68.2 Å². The van der Waals surface area contributed by atoms with Gasteiger partial charge < -0.3 is 10.6 Å². The molecule has 0 radical (unpaired) electrons. The summed E-state index contributed by atoms with van der Waals surface area (Å²) in [5.41, 5.74) is 4.87. The Morgan fingerprint density at radius 1 is 0.660 bits per heavy atom. The van der Waals surface area contributed by atoms with E-state index >= 15 is 0 Å². The van der Waals surface area contributed by atoms with Gasteiger partial charge in [0, 0.05) is 60.2 Å². The smallest absolute Gasteiger partial charge is 0.340 e. The minimum Gasteiger partial charge on any atom is -0.340 e. The first-order valence-electron chi connectivity index (χ1n) is 15.3. The third-order valence-electron chi connectivity index (χ3n) is 8.04. The number of hydrogen-bond acceptors (Lipinski definition) is 9. The third-order valence-corrected chi connectivity index (χ3v) is 8.04. The van der Waals surface area contributed by atoms with Gasteiger partial charge in [0.1, 0.15) is 11.3 Å². The molecule has 0 unspecified atom stereocenters. The Balaban J connectivity index is 0.000000145. The van der Waals surface area contributed by atoms with Gasteiger partial charge in [0.25, 0.3) is 0 Å². The van der Waals surface area contributed by atoms with Crippen molar-refractivity contribution in [2.24, 2.45) is 7.05 Å². The maximum absolute atomic E-state index is 13.0. The van der Waals surface area contributed by atoms with E-state index in [-0.39, 0.29) is 5.39 Å². The van der Waals surface area contributed by atoms with Crippen LogP contribution in [-0.4, -0.2) is 50.1 Å². The fourth-order valence-corrected chi connectivity index (χ4v) is 5.71. The zero-order valence-corrected chi connectivity index (χ0v) is 26.1. The number of nitrogens with one attached hydrogen (secondary N) is 4. The number of aryl methyl sites for hydroxylation is 1. The number of aromatic nitrogens is 10. The lowest BCUT2D eigenvalue weighted by Crippen LogP contribution is -2.08. The van der Waals surface area contributed by atoms with Crippen molar-refractivity contribution in [2.75, 3.05) is 10.6 Å². The molecule has 0 fully saturated rings. The standard InChI is InChI=1S/C19H15N7.C16H10F3N5/c1-26-16(7-10-22-26)17-14-5-4-13(11-12(14)6-9-21-17)23-19-18-15(24-25-19)3-2-8-20-18;17-16(18,19)13-11-4-3-10(8-9(11)5-7-20-13)22-15-12-2-1-6-21-14(12)23-24-15/h2-11H,1H3,(H2,23,24,25);1-8H,(H2,21,22,23,24). The number of fused-ring (bicyclic) bond motifs is 4. The molecular formula is C35H25F3N12. The third kappa shape index (κ3) is 5.76. The zero-order valence-electron chi connectivity index (χ0n) is 26.1. The highest BCUT2D eigenvalue weighted by Crippen LogP contribution is 2.35. The minimum atomic E-state index is -4.49. The highest BCUT2D eigenvalue weighted by atomic mass is 19.4. The fourth-order valence-electron chi connectivity index (χ4n) is 5.71. The molecule has 9 aromatic rings. The molecule has 15 heteroatoms. The Morgan fingerprint density at radius 2 is 1.40 bits per heavy atom. The molecule has 7 heterocycles. The van der Waals surface area contributed by atoms with Crippen LogP contribution in [0.15, 0.2) is 110 Å². The van der Waals surface area contributed by atoms with E-state index in [9.17, 15) is 13.2 Å². The number of H-pyrrole nitrogens is 2. The second-order valence-corrected chi connectivity index (χ2v) is 11.2. The van der Waals surface area contributed by atoms with Crippen LogP contribution < -0.4 is 10.6 Å². The summed E-state index contributed by atoms with van der Waals surface area (Å²) in [5, 5.41) is 28.4. The number of alkyl halides is 3. The maximum atomic E-state index is 13.0. The van der Waals surface area contributed by atoms with Crippen LogP contribution in [0.5, 0.6) is 0 Å². The van der Waals surface area contributed by atoms with Gasteiger partial charge in [-0.3, -0.25) is 29.8 Å². The number of rotatable bonds is 5. The average Bonchev–Trinajstić information content (AvgIpc) is 3.86. The molecule has 0 atom stereocenters. The van der Waals surface area contributed by atoms with Crippen LogP contribution in [0.3, 0.4) is 0 Å². The summed E-state index contributed by atoms with van der Waals surface area (Å²) in [5.74, 6) is 1.34. The van der Waals surface area contributed by atoms with Gasteiger partial charge >= 0.3 is 6.18 Å². The van der Waals surface area contributed by atoms with E-state index in [1.54, 1.807) is 42.9 Å². The molecule has 0 saturated carbocycles. The number of anilines is 4. The Bertz CT molecular complexity index is 2640. The van der Waals surface area contributed by atoms with Crippen LogP contribution in [0.4, 0.5) is 36.2 Å². The monoisotopic (exact) mass is 670 g/mol. The second kappa shape index (κ2) is 12.3. The first kappa shape index (κ1) is 30.4. The van der Waals surface area contributed by atoms with E-state index < -0.39 is 11.9 Å². The van der Waals surface area contributed by atoms with E-state index in [4.69, 9.17) is 0 Å². The molecule has 7 aromatic heterocycles. The molecular weight excluding hydrogens is 645 g/mol. The number of hydrogen-bond donors (Lipinski definition) is 4. The van der Waals surface area contributed by atoms with Crippen LogP contribution in [0.2, 0.25) is 0 Å². The highest BCUT2D eigenvalue weighted by molar-refractivity contribution is 5.97. The van der Waals surface area contributed by atoms with Gasteiger partial charge in [0.2, 0.25) is 0 Å². The lowest BCUT2D eigenvalue weighted by Gasteiger charge is -2.11. The summed E-state index contributed by atoms with van der Waals surface area (Å²) >= 11 is 0. The largest absolute Gasteiger partial charge is 0.433 e. The van der Waals surface area contributed by atoms with Crippen LogP contribution in [-0.2, 0) is 13.2 Å². The van der Waals surface area contributed by atoms with Crippen LogP contribution >= 0.6 is 0 Å². The Hall–Kier alpha value is -6.90. The maximum Gasteiger partial charge on any atom is 0.433 e. The molecule has 0 saturated heterocycles. The molecule has 246 valence electrons. The molecule has 2 aromatic carbocycles. The van der Waals surface area contributed by atoms with Crippen molar-refractivity contribution < 1.29 is 13.2 Å². The molecule has 0 aliphatic rings. The SMILES string of the molecule is Cn1nccc1-c1nccc2cc(Nc3n[nH]c4cccnc34)ccc12.FC(F)(F)c1nccc2cc(Nc3[nH]nc4ncccc34)ccc12. The summed E-state index contributed by atoms with van der Waals surface area (Å²) in [6.45, 7) is 0.